The highest BCUT2D eigenvalue weighted by molar-refractivity contribution is 5.94. The lowest BCUT2D eigenvalue weighted by Gasteiger charge is -2.20. The quantitative estimate of drug-likeness (QED) is 0.875. The molecule has 0 saturated heterocycles. The molecule has 1 N–H and O–H groups in total. The van der Waals surface area contributed by atoms with Crippen LogP contribution in [-0.2, 0) is 4.84 Å². The van der Waals surface area contributed by atoms with Crippen molar-refractivity contribution >= 4 is 11.3 Å². The SMILES string of the molecule is CC1(C)ONC(c2ccccc2)=C1c1ccccc1. The van der Waals surface area contributed by atoms with Crippen molar-refractivity contribution in [2.45, 2.75) is 19.4 Å². The molecule has 0 aromatic heterocycles. The summed E-state index contributed by atoms with van der Waals surface area (Å²) in [5, 5.41) is 0. The van der Waals surface area contributed by atoms with Gasteiger partial charge in [0.25, 0.3) is 0 Å². The van der Waals surface area contributed by atoms with Crippen molar-refractivity contribution in [2.24, 2.45) is 0 Å². The van der Waals surface area contributed by atoms with Crippen molar-refractivity contribution in [3.8, 4) is 0 Å². The Morgan fingerprint density at radius 3 is 1.89 bits per heavy atom. The van der Waals surface area contributed by atoms with Gasteiger partial charge in [0.2, 0.25) is 0 Å². The van der Waals surface area contributed by atoms with Crippen molar-refractivity contribution in [2.75, 3.05) is 0 Å². The van der Waals surface area contributed by atoms with Gasteiger partial charge >= 0.3 is 0 Å². The molecule has 1 aliphatic rings. The highest BCUT2D eigenvalue weighted by atomic mass is 16.7. The molecule has 0 bridgehead atoms. The van der Waals surface area contributed by atoms with Gasteiger partial charge < -0.3 is 0 Å². The third kappa shape index (κ3) is 2.15. The van der Waals surface area contributed by atoms with Crippen LogP contribution in [-0.4, -0.2) is 5.60 Å². The molecule has 1 aliphatic heterocycles. The van der Waals surface area contributed by atoms with Gasteiger partial charge in [0.15, 0.2) is 0 Å². The second kappa shape index (κ2) is 4.56. The lowest BCUT2D eigenvalue weighted by atomic mass is 9.89. The third-order valence-corrected chi connectivity index (χ3v) is 3.39. The van der Waals surface area contributed by atoms with Crippen LogP contribution in [0.5, 0.6) is 0 Å². The molecule has 2 aromatic rings. The molecule has 1 heterocycles. The standard InChI is InChI=1S/C17H17NO/c1-17(2)15(13-9-5-3-6-10-13)16(18-19-17)14-11-7-4-8-12-14/h3-12,18H,1-2H3. The molecule has 0 aliphatic carbocycles. The van der Waals surface area contributed by atoms with Crippen LogP contribution in [0.1, 0.15) is 25.0 Å². The average Bonchev–Trinajstić information content (AvgIpc) is 2.76. The van der Waals surface area contributed by atoms with Crippen molar-refractivity contribution in [3.05, 3.63) is 71.8 Å². The van der Waals surface area contributed by atoms with E-state index in [1.165, 1.54) is 11.1 Å². The van der Waals surface area contributed by atoms with Crippen molar-refractivity contribution in [3.63, 3.8) is 0 Å². The summed E-state index contributed by atoms with van der Waals surface area (Å²) in [7, 11) is 0. The van der Waals surface area contributed by atoms with Crippen molar-refractivity contribution in [1.82, 2.24) is 5.48 Å². The van der Waals surface area contributed by atoms with Crippen LogP contribution in [0.2, 0.25) is 0 Å². The number of hydroxylamine groups is 1. The van der Waals surface area contributed by atoms with E-state index in [4.69, 9.17) is 4.84 Å². The van der Waals surface area contributed by atoms with Gasteiger partial charge in [-0.1, -0.05) is 60.7 Å². The van der Waals surface area contributed by atoms with E-state index in [1.54, 1.807) is 0 Å². The Kier molecular flexibility index (Phi) is 2.88. The Balaban J connectivity index is 2.19. The Hall–Kier alpha value is -2.06. The van der Waals surface area contributed by atoms with Crippen LogP contribution < -0.4 is 5.48 Å². The molecule has 0 spiro atoms. The molecule has 19 heavy (non-hydrogen) atoms. The highest BCUT2D eigenvalue weighted by Gasteiger charge is 2.35. The summed E-state index contributed by atoms with van der Waals surface area (Å²) >= 11 is 0. The van der Waals surface area contributed by atoms with Crippen LogP contribution in [0.15, 0.2) is 60.7 Å². The number of rotatable bonds is 2. The molecule has 2 aromatic carbocycles. The van der Waals surface area contributed by atoms with Crippen LogP contribution in [0, 0.1) is 0 Å². The number of nitrogens with one attached hydrogen (secondary N) is 1. The van der Waals surface area contributed by atoms with Gasteiger partial charge in [0.1, 0.15) is 5.60 Å². The first-order chi connectivity index (χ1) is 9.18. The van der Waals surface area contributed by atoms with Crippen LogP contribution in [0.4, 0.5) is 0 Å². The second-order valence-electron chi connectivity index (χ2n) is 5.20. The fourth-order valence-electron chi connectivity index (χ4n) is 2.49. The third-order valence-electron chi connectivity index (χ3n) is 3.39. The monoisotopic (exact) mass is 251 g/mol. The predicted molar refractivity (Wildman–Crippen MR) is 78.0 cm³/mol. The minimum atomic E-state index is -0.341. The van der Waals surface area contributed by atoms with E-state index < -0.39 is 0 Å². The van der Waals surface area contributed by atoms with Gasteiger partial charge in [-0.2, -0.15) is 0 Å². The average molecular weight is 251 g/mol. The van der Waals surface area contributed by atoms with E-state index in [0.29, 0.717) is 0 Å². The maximum atomic E-state index is 5.75. The molecule has 2 heteroatoms. The summed E-state index contributed by atoms with van der Waals surface area (Å²) in [6, 6.07) is 20.7. The fourth-order valence-corrected chi connectivity index (χ4v) is 2.49. The van der Waals surface area contributed by atoms with E-state index >= 15 is 0 Å². The molecule has 0 unspecified atom stereocenters. The summed E-state index contributed by atoms with van der Waals surface area (Å²) in [6.45, 7) is 4.16. The van der Waals surface area contributed by atoms with E-state index in [0.717, 1.165) is 11.3 Å². The fraction of sp³-hybridized carbons (Fsp3) is 0.176. The Morgan fingerprint density at radius 2 is 1.32 bits per heavy atom. The molecule has 96 valence electrons. The largest absolute Gasteiger partial charge is 0.265 e. The molecule has 0 atom stereocenters. The van der Waals surface area contributed by atoms with Crippen molar-refractivity contribution in [1.29, 1.82) is 0 Å². The van der Waals surface area contributed by atoms with Gasteiger partial charge in [0.05, 0.1) is 5.70 Å². The van der Waals surface area contributed by atoms with Gasteiger partial charge in [-0.15, -0.1) is 0 Å². The first kappa shape index (κ1) is 12.0. The highest BCUT2D eigenvalue weighted by Crippen LogP contribution is 2.39. The molecule has 0 saturated carbocycles. The molecule has 0 fully saturated rings. The van der Waals surface area contributed by atoms with Gasteiger partial charge in [-0.05, 0) is 19.4 Å². The molecular formula is C17H17NO. The number of hydrogen-bond acceptors (Lipinski definition) is 2. The zero-order valence-electron chi connectivity index (χ0n) is 11.2. The predicted octanol–water partition coefficient (Wildman–Crippen LogP) is 3.87. The van der Waals surface area contributed by atoms with E-state index in [9.17, 15) is 0 Å². The maximum absolute atomic E-state index is 5.75. The number of benzene rings is 2. The lowest BCUT2D eigenvalue weighted by molar-refractivity contribution is -0.00337. The number of hydrogen-bond donors (Lipinski definition) is 1. The van der Waals surface area contributed by atoms with Crippen LogP contribution >= 0.6 is 0 Å². The Bertz CT molecular complexity index is 600. The van der Waals surface area contributed by atoms with Crippen LogP contribution in [0.25, 0.3) is 11.3 Å². The van der Waals surface area contributed by atoms with Gasteiger partial charge in [0, 0.05) is 11.1 Å². The lowest BCUT2D eigenvalue weighted by Crippen LogP contribution is -2.23. The molecule has 3 rings (SSSR count). The summed E-state index contributed by atoms with van der Waals surface area (Å²) in [4.78, 5) is 5.75. The minimum absolute atomic E-state index is 0.341. The van der Waals surface area contributed by atoms with E-state index in [-0.39, 0.29) is 5.60 Å². The summed E-state index contributed by atoms with van der Waals surface area (Å²) < 4.78 is 0. The van der Waals surface area contributed by atoms with E-state index in [1.807, 2.05) is 24.3 Å². The summed E-state index contributed by atoms with van der Waals surface area (Å²) in [5.74, 6) is 0. The maximum Gasteiger partial charge on any atom is 0.118 e. The van der Waals surface area contributed by atoms with Crippen LogP contribution in [0.3, 0.4) is 0 Å². The molecule has 0 radical (unpaired) electrons. The normalized spacial score (nSPS) is 17.4. The minimum Gasteiger partial charge on any atom is -0.265 e. The molecule has 0 amide bonds. The Labute approximate surface area is 113 Å². The first-order valence-electron chi connectivity index (χ1n) is 6.48. The second-order valence-corrected chi connectivity index (χ2v) is 5.20. The first-order valence-corrected chi connectivity index (χ1v) is 6.48. The molecule has 2 nitrogen and oxygen atoms in total. The summed E-state index contributed by atoms with van der Waals surface area (Å²) in [6.07, 6.45) is 0. The topological polar surface area (TPSA) is 21.3 Å². The Morgan fingerprint density at radius 1 is 0.789 bits per heavy atom. The van der Waals surface area contributed by atoms with Gasteiger partial charge in [-0.25, -0.2) is 0 Å². The molecular weight excluding hydrogens is 234 g/mol. The summed E-state index contributed by atoms with van der Waals surface area (Å²) in [5.41, 5.74) is 7.33. The smallest absolute Gasteiger partial charge is 0.118 e. The van der Waals surface area contributed by atoms with E-state index in [2.05, 4.69) is 55.7 Å². The zero-order chi connectivity index (χ0) is 13.3. The van der Waals surface area contributed by atoms with Gasteiger partial charge in [-0.3, -0.25) is 10.3 Å². The van der Waals surface area contributed by atoms with Crippen molar-refractivity contribution < 1.29 is 4.84 Å². The zero-order valence-corrected chi connectivity index (χ0v) is 11.2.